The van der Waals surface area contributed by atoms with Crippen LogP contribution in [0.25, 0.3) is 21.9 Å². The lowest BCUT2D eigenvalue weighted by molar-refractivity contribution is -0.142. The third-order valence-corrected chi connectivity index (χ3v) is 5.75. The van der Waals surface area contributed by atoms with E-state index in [4.69, 9.17) is 0 Å². The zero-order valence-electron chi connectivity index (χ0n) is 17.0. The summed E-state index contributed by atoms with van der Waals surface area (Å²) in [6.45, 7) is 1.77. The van der Waals surface area contributed by atoms with Crippen molar-refractivity contribution in [1.29, 1.82) is 0 Å². The summed E-state index contributed by atoms with van der Waals surface area (Å²) in [7, 11) is 0. The number of amides is 1. The van der Waals surface area contributed by atoms with E-state index in [-0.39, 0.29) is 16.9 Å². The van der Waals surface area contributed by atoms with Crippen LogP contribution in [0.5, 0.6) is 0 Å². The molecule has 0 aliphatic rings. The van der Waals surface area contributed by atoms with E-state index in [1.165, 1.54) is 11.3 Å². The first-order valence-corrected chi connectivity index (χ1v) is 10.6. The Morgan fingerprint density at radius 2 is 1.88 bits per heavy atom. The highest BCUT2D eigenvalue weighted by atomic mass is 32.1. The summed E-state index contributed by atoms with van der Waals surface area (Å²) < 4.78 is 43.4. The first-order valence-electron chi connectivity index (χ1n) is 9.74. The van der Waals surface area contributed by atoms with Crippen molar-refractivity contribution in [3.05, 3.63) is 83.1 Å². The van der Waals surface area contributed by atoms with Crippen LogP contribution >= 0.6 is 11.3 Å². The largest absolute Gasteiger partial charge is 0.433 e. The first kappa shape index (κ1) is 20.9. The van der Waals surface area contributed by atoms with Crippen LogP contribution in [0, 0.1) is 6.92 Å². The Kier molecular flexibility index (Phi) is 4.97. The minimum Gasteiger partial charge on any atom is -0.306 e. The number of hydrogen-bond acceptors (Lipinski definition) is 5. The van der Waals surface area contributed by atoms with Crippen LogP contribution in [-0.4, -0.2) is 30.3 Å². The third-order valence-electron chi connectivity index (χ3n) is 4.85. The molecule has 1 aromatic carbocycles. The van der Waals surface area contributed by atoms with Gasteiger partial charge in [-0.3, -0.25) is 4.79 Å². The molecule has 7 nitrogen and oxygen atoms in total. The van der Waals surface area contributed by atoms with E-state index in [0.29, 0.717) is 20.9 Å². The van der Waals surface area contributed by atoms with Crippen molar-refractivity contribution in [2.24, 2.45) is 0 Å². The summed E-state index contributed by atoms with van der Waals surface area (Å²) in [5.41, 5.74) is 0.208. The predicted molar refractivity (Wildman–Crippen MR) is 118 cm³/mol. The summed E-state index contributed by atoms with van der Waals surface area (Å²) in [6.07, 6.45) is -3.60. The van der Waals surface area contributed by atoms with Gasteiger partial charge >= 0.3 is 6.18 Å². The Balaban J connectivity index is 1.59. The first-order chi connectivity index (χ1) is 15.8. The van der Waals surface area contributed by atoms with Crippen LogP contribution < -0.4 is 5.32 Å². The Morgan fingerprint density at radius 1 is 1.09 bits per heavy atom. The number of rotatable bonds is 4. The molecule has 1 amide bonds. The lowest BCUT2D eigenvalue weighted by Gasteiger charge is -2.11. The number of halogens is 3. The fourth-order valence-corrected chi connectivity index (χ4v) is 4.10. The number of nitrogens with zero attached hydrogens (tertiary/aromatic N) is 5. The monoisotopic (exact) mass is 468 g/mol. The Morgan fingerprint density at radius 3 is 2.58 bits per heavy atom. The van der Waals surface area contributed by atoms with Gasteiger partial charge in [0.05, 0.1) is 28.1 Å². The van der Waals surface area contributed by atoms with E-state index in [1.807, 2.05) is 30.3 Å². The van der Waals surface area contributed by atoms with Gasteiger partial charge in [0, 0.05) is 6.07 Å². The number of para-hydroxylation sites is 1. The summed E-state index contributed by atoms with van der Waals surface area (Å²) in [6, 6.07) is 15.1. The summed E-state index contributed by atoms with van der Waals surface area (Å²) in [4.78, 5) is 18.0. The molecule has 1 N–H and O–H groups in total. The van der Waals surface area contributed by atoms with Gasteiger partial charge in [0.2, 0.25) is 0 Å². The van der Waals surface area contributed by atoms with Crippen molar-refractivity contribution in [3.63, 3.8) is 0 Å². The highest BCUT2D eigenvalue weighted by Gasteiger charge is 2.36. The molecule has 166 valence electrons. The van der Waals surface area contributed by atoms with Crippen molar-refractivity contribution in [3.8, 4) is 16.3 Å². The normalized spacial score (nSPS) is 11.8. The molecular formula is C22H15F3N6OS. The predicted octanol–water partition coefficient (Wildman–Crippen LogP) is 5.22. The van der Waals surface area contributed by atoms with E-state index in [2.05, 4.69) is 20.5 Å². The van der Waals surface area contributed by atoms with Crippen LogP contribution in [0.4, 0.5) is 19.0 Å². The van der Waals surface area contributed by atoms with Crippen molar-refractivity contribution in [1.82, 2.24) is 24.4 Å². The maximum atomic E-state index is 13.7. The van der Waals surface area contributed by atoms with Crippen molar-refractivity contribution >= 4 is 28.7 Å². The number of aryl methyl sites for hydroxylation is 1. The minimum absolute atomic E-state index is 0.0858. The molecule has 0 atom stereocenters. The van der Waals surface area contributed by atoms with Crippen LogP contribution in [0.15, 0.2) is 66.2 Å². The molecule has 4 aromatic heterocycles. The van der Waals surface area contributed by atoms with Crippen LogP contribution in [0.1, 0.15) is 21.7 Å². The SMILES string of the molecule is Cc1cc(NC(=O)c2cnn3c(C(F)(F)F)cc(-c4cccs4)nc23)n(-c2ccccc2)n1. The van der Waals surface area contributed by atoms with Crippen LogP contribution in [0.2, 0.25) is 0 Å². The average Bonchev–Trinajstić information content (AvgIpc) is 3.52. The molecule has 0 aliphatic carbocycles. The van der Waals surface area contributed by atoms with E-state index in [0.717, 1.165) is 18.0 Å². The number of carbonyl (C=O) groups is 1. The molecule has 0 fully saturated rings. The number of anilines is 1. The van der Waals surface area contributed by atoms with Crippen molar-refractivity contribution in [2.45, 2.75) is 13.1 Å². The number of alkyl halides is 3. The number of carbonyl (C=O) groups excluding carboxylic acids is 1. The van der Waals surface area contributed by atoms with E-state index in [1.54, 1.807) is 35.2 Å². The van der Waals surface area contributed by atoms with Gasteiger partial charge in [-0.1, -0.05) is 24.3 Å². The summed E-state index contributed by atoms with van der Waals surface area (Å²) in [5.74, 6) is -0.278. The van der Waals surface area contributed by atoms with E-state index >= 15 is 0 Å². The third kappa shape index (κ3) is 3.87. The standard InChI is InChI=1S/C22H15F3N6OS/c1-13-10-19(30(29-13)14-6-3-2-4-7-14)28-21(32)15-12-26-31-18(22(23,24)25)11-16(27-20(15)31)17-8-5-9-33-17/h2-12H,1H3,(H,28,32). The molecule has 0 saturated carbocycles. The van der Waals surface area contributed by atoms with Gasteiger partial charge in [-0.25, -0.2) is 14.2 Å². The molecule has 4 heterocycles. The molecule has 0 spiro atoms. The van der Waals surface area contributed by atoms with Gasteiger partial charge in [0.25, 0.3) is 5.91 Å². The number of benzene rings is 1. The maximum absolute atomic E-state index is 13.7. The number of nitrogens with one attached hydrogen (secondary N) is 1. The average molecular weight is 468 g/mol. The molecule has 0 radical (unpaired) electrons. The van der Waals surface area contributed by atoms with Crippen LogP contribution in [-0.2, 0) is 6.18 Å². The van der Waals surface area contributed by atoms with Gasteiger partial charge in [0.15, 0.2) is 11.3 Å². The van der Waals surface area contributed by atoms with Gasteiger partial charge in [-0.2, -0.15) is 23.4 Å². The van der Waals surface area contributed by atoms with Crippen molar-refractivity contribution < 1.29 is 18.0 Å². The minimum atomic E-state index is -4.68. The topological polar surface area (TPSA) is 77.1 Å². The van der Waals surface area contributed by atoms with Gasteiger partial charge in [0.1, 0.15) is 11.4 Å². The fourth-order valence-electron chi connectivity index (χ4n) is 3.41. The molecule has 0 bridgehead atoms. The molecule has 0 unspecified atom stereocenters. The van der Waals surface area contributed by atoms with Crippen molar-refractivity contribution in [2.75, 3.05) is 5.32 Å². The maximum Gasteiger partial charge on any atom is 0.433 e. The smallest absolute Gasteiger partial charge is 0.306 e. The zero-order chi connectivity index (χ0) is 23.2. The highest BCUT2D eigenvalue weighted by Crippen LogP contribution is 2.34. The Labute approximate surface area is 189 Å². The van der Waals surface area contributed by atoms with Gasteiger partial charge < -0.3 is 5.32 Å². The van der Waals surface area contributed by atoms with Gasteiger partial charge in [-0.15, -0.1) is 11.3 Å². The Hall–Kier alpha value is -3.99. The molecule has 11 heteroatoms. The van der Waals surface area contributed by atoms with E-state index in [9.17, 15) is 18.0 Å². The molecule has 0 saturated heterocycles. The molecular weight excluding hydrogens is 453 g/mol. The van der Waals surface area contributed by atoms with Gasteiger partial charge in [-0.05, 0) is 36.6 Å². The second kappa shape index (κ2) is 7.85. The lowest BCUT2D eigenvalue weighted by atomic mass is 10.2. The molecule has 33 heavy (non-hydrogen) atoms. The quantitative estimate of drug-likeness (QED) is 0.392. The number of hydrogen-bond donors (Lipinski definition) is 1. The highest BCUT2D eigenvalue weighted by molar-refractivity contribution is 7.13. The second-order valence-corrected chi connectivity index (χ2v) is 8.12. The molecule has 5 rings (SSSR count). The molecule has 0 aliphatic heterocycles. The number of fused-ring (bicyclic) bond motifs is 1. The second-order valence-electron chi connectivity index (χ2n) is 7.17. The number of thiophene rings is 1. The zero-order valence-corrected chi connectivity index (χ0v) is 17.9. The molecule has 5 aromatic rings. The fraction of sp³-hybridized carbons (Fsp3) is 0.0909. The summed E-state index contributed by atoms with van der Waals surface area (Å²) in [5, 5.41) is 12.7. The lowest BCUT2D eigenvalue weighted by Crippen LogP contribution is -2.17. The Bertz CT molecular complexity index is 1460. The van der Waals surface area contributed by atoms with Crippen LogP contribution in [0.3, 0.4) is 0 Å². The summed E-state index contributed by atoms with van der Waals surface area (Å²) >= 11 is 1.25. The van der Waals surface area contributed by atoms with E-state index < -0.39 is 17.8 Å². The number of aromatic nitrogens is 5.